The van der Waals surface area contributed by atoms with Gasteiger partial charge in [-0.25, -0.2) is 13.2 Å². The standard InChI is InChI=1S/C11H9F3N2O3S/c12-7-2-3-8(11(14)10(7)13)16-20(17,18)9-4-1-6(5-15)19-9/h1-4,16H,5,15H2. The van der Waals surface area contributed by atoms with Gasteiger partial charge in [-0.2, -0.15) is 8.42 Å². The third kappa shape index (κ3) is 2.63. The van der Waals surface area contributed by atoms with Gasteiger partial charge in [-0.15, -0.1) is 0 Å². The second kappa shape index (κ2) is 5.17. The van der Waals surface area contributed by atoms with E-state index in [1.54, 1.807) is 4.72 Å². The van der Waals surface area contributed by atoms with Gasteiger partial charge in [0.15, 0.2) is 17.5 Å². The predicted octanol–water partition coefficient (Wildman–Crippen LogP) is 1.96. The lowest BCUT2D eigenvalue weighted by Crippen LogP contribution is -2.14. The van der Waals surface area contributed by atoms with Crippen molar-refractivity contribution in [2.24, 2.45) is 5.73 Å². The zero-order chi connectivity index (χ0) is 14.9. The lowest BCUT2D eigenvalue weighted by atomic mass is 10.3. The highest BCUT2D eigenvalue weighted by molar-refractivity contribution is 7.92. The zero-order valence-corrected chi connectivity index (χ0v) is 10.7. The molecule has 0 saturated carbocycles. The van der Waals surface area contributed by atoms with Gasteiger partial charge in [-0.05, 0) is 24.3 Å². The van der Waals surface area contributed by atoms with E-state index in [4.69, 9.17) is 10.2 Å². The molecule has 1 heterocycles. The van der Waals surface area contributed by atoms with E-state index in [1.807, 2.05) is 0 Å². The third-order valence-electron chi connectivity index (χ3n) is 2.38. The maximum absolute atomic E-state index is 13.4. The number of benzene rings is 1. The molecule has 0 saturated heterocycles. The first kappa shape index (κ1) is 14.4. The number of nitrogens with two attached hydrogens (primary N) is 1. The van der Waals surface area contributed by atoms with E-state index in [9.17, 15) is 21.6 Å². The number of rotatable bonds is 4. The van der Waals surface area contributed by atoms with E-state index < -0.39 is 38.3 Å². The quantitative estimate of drug-likeness (QED) is 0.846. The lowest BCUT2D eigenvalue weighted by molar-refractivity contribution is 0.417. The van der Waals surface area contributed by atoms with Crippen LogP contribution in [0.15, 0.2) is 33.8 Å². The highest BCUT2D eigenvalue weighted by Crippen LogP contribution is 2.23. The molecule has 108 valence electrons. The summed E-state index contributed by atoms with van der Waals surface area (Å²) in [5.74, 6) is -4.63. The summed E-state index contributed by atoms with van der Waals surface area (Å²) in [7, 11) is -4.26. The lowest BCUT2D eigenvalue weighted by Gasteiger charge is -2.07. The van der Waals surface area contributed by atoms with Gasteiger partial charge in [-0.1, -0.05) is 0 Å². The van der Waals surface area contributed by atoms with Crippen LogP contribution in [0.25, 0.3) is 0 Å². The Kier molecular flexibility index (Phi) is 3.73. The molecule has 2 aromatic rings. The topological polar surface area (TPSA) is 85.3 Å². The predicted molar refractivity (Wildman–Crippen MR) is 63.7 cm³/mol. The smallest absolute Gasteiger partial charge is 0.295 e. The highest BCUT2D eigenvalue weighted by Gasteiger charge is 2.22. The Bertz CT molecular complexity index is 743. The van der Waals surface area contributed by atoms with Crippen LogP contribution < -0.4 is 10.5 Å². The molecule has 0 spiro atoms. The number of hydrogen-bond donors (Lipinski definition) is 2. The van der Waals surface area contributed by atoms with Crippen molar-refractivity contribution in [2.75, 3.05) is 4.72 Å². The van der Waals surface area contributed by atoms with Gasteiger partial charge in [0, 0.05) is 0 Å². The maximum Gasteiger partial charge on any atom is 0.295 e. The van der Waals surface area contributed by atoms with Crippen LogP contribution in [0.5, 0.6) is 0 Å². The largest absolute Gasteiger partial charge is 0.446 e. The van der Waals surface area contributed by atoms with Crippen molar-refractivity contribution >= 4 is 15.7 Å². The molecule has 2 rings (SSSR count). The SMILES string of the molecule is NCc1ccc(S(=O)(=O)Nc2ccc(F)c(F)c2F)o1. The Morgan fingerprint density at radius 1 is 1.10 bits per heavy atom. The van der Waals surface area contributed by atoms with Crippen molar-refractivity contribution < 1.29 is 26.0 Å². The fourth-order valence-corrected chi connectivity index (χ4v) is 2.42. The summed E-state index contributed by atoms with van der Waals surface area (Å²) < 4.78 is 69.5. The fraction of sp³-hybridized carbons (Fsp3) is 0.0909. The van der Waals surface area contributed by atoms with Crippen molar-refractivity contribution in [3.05, 3.63) is 47.5 Å². The van der Waals surface area contributed by atoms with Gasteiger partial charge in [0.05, 0.1) is 12.2 Å². The summed E-state index contributed by atoms with van der Waals surface area (Å²) in [6, 6.07) is 3.81. The number of halogens is 3. The molecule has 0 radical (unpaired) electrons. The molecule has 0 bridgehead atoms. The van der Waals surface area contributed by atoms with E-state index in [2.05, 4.69) is 0 Å². The van der Waals surface area contributed by atoms with Gasteiger partial charge in [0.25, 0.3) is 10.0 Å². The molecule has 1 aromatic carbocycles. The Hall–Kier alpha value is -2.00. The Balaban J connectivity index is 2.36. The molecular weight excluding hydrogens is 297 g/mol. The molecule has 20 heavy (non-hydrogen) atoms. The number of hydrogen-bond acceptors (Lipinski definition) is 4. The van der Waals surface area contributed by atoms with E-state index in [-0.39, 0.29) is 12.3 Å². The molecule has 0 aliphatic carbocycles. The summed E-state index contributed by atoms with van der Waals surface area (Å²) in [6.45, 7) is -0.0188. The first-order valence-corrected chi connectivity index (χ1v) is 6.78. The van der Waals surface area contributed by atoms with Crippen LogP contribution in [0.4, 0.5) is 18.9 Å². The van der Waals surface area contributed by atoms with Crippen molar-refractivity contribution in [1.82, 2.24) is 0 Å². The molecule has 0 atom stereocenters. The van der Waals surface area contributed by atoms with Crippen LogP contribution in [0.2, 0.25) is 0 Å². The molecular formula is C11H9F3N2O3S. The molecule has 9 heteroatoms. The Morgan fingerprint density at radius 2 is 1.80 bits per heavy atom. The van der Waals surface area contributed by atoms with Gasteiger partial charge < -0.3 is 10.2 Å². The Morgan fingerprint density at radius 3 is 2.40 bits per heavy atom. The molecule has 0 amide bonds. The monoisotopic (exact) mass is 306 g/mol. The average Bonchev–Trinajstić information content (AvgIpc) is 2.89. The summed E-state index contributed by atoms with van der Waals surface area (Å²) in [5.41, 5.74) is 4.53. The van der Waals surface area contributed by atoms with Crippen LogP contribution >= 0.6 is 0 Å². The summed E-state index contributed by atoms with van der Waals surface area (Å²) in [5, 5.41) is -0.512. The van der Waals surface area contributed by atoms with Gasteiger partial charge in [0.2, 0.25) is 5.09 Å². The third-order valence-corrected chi connectivity index (χ3v) is 3.62. The van der Waals surface area contributed by atoms with Gasteiger partial charge >= 0.3 is 0 Å². The summed E-state index contributed by atoms with van der Waals surface area (Å²) in [4.78, 5) is 0. The molecule has 0 unspecified atom stereocenters. The summed E-state index contributed by atoms with van der Waals surface area (Å²) >= 11 is 0. The number of anilines is 1. The molecule has 0 aliphatic heterocycles. The first-order valence-electron chi connectivity index (χ1n) is 5.30. The highest BCUT2D eigenvalue weighted by atomic mass is 32.2. The van der Waals surface area contributed by atoms with Crippen molar-refractivity contribution in [3.63, 3.8) is 0 Å². The van der Waals surface area contributed by atoms with E-state index in [0.29, 0.717) is 6.07 Å². The average molecular weight is 306 g/mol. The molecule has 5 nitrogen and oxygen atoms in total. The van der Waals surface area contributed by atoms with Crippen molar-refractivity contribution in [1.29, 1.82) is 0 Å². The van der Waals surface area contributed by atoms with E-state index in [1.165, 1.54) is 6.07 Å². The number of nitrogens with one attached hydrogen (secondary N) is 1. The van der Waals surface area contributed by atoms with Crippen LogP contribution in [-0.2, 0) is 16.6 Å². The van der Waals surface area contributed by atoms with Crippen LogP contribution in [-0.4, -0.2) is 8.42 Å². The number of furan rings is 1. The van der Waals surface area contributed by atoms with Crippen molar-refractivity contribution in [3.8, 4) is 0 Å². The zero-order valence-electron chi connectivity index (χ0n) is 9.86. The van der Waals surface area contributed by atoms with Crippen LogP contribution in [0.1, 0.15) is 5.76 Å². The normalized spacial score (nSPS) is 11.6. The minimum atomic E-state index is -4.26. The molecule has 3 N–H and O–H groups in total. The van der Waals surface area contributed by atoms with Gasteiger partial charge in [0.1, 0.15) is 5.76 Å². The number of sulfonamides is 1. The second-order valence-electron chi connectivity index (χ2n) is 3.75. The Labute approximate surface area is 112 Å². The van der Waals surface area contributed by atoms with Gasteiger partial charge in [-0.3, -0.25) is 4.72 Å². The second-order valence-corrected chi connectivity index (χ2v) is 5.37. The van der Waals surface area contributed by atoms with Crippen LogP contribution in [0, 0.1) is 17.5 Å². The molecule has 0 fully saturated rings. The van der Waals surface area contributed by atoms with Crippen molar-refractivity contribution in [2.45, 2.75) is 11.6 Å². The maximum atomic E-state index is 13.4. The summed E-state index contributed by atoms with van der Waals surface area (Å²) in [6.07, 6.45) is 0. The minimum Gasteiger partial charge on any atom is -0.446 e. The fourth-order valence-electron chi connectivity index (χ4n) is 1.41. The molecule has 0 aliphatic rings. The van der Waals surface area contributed by atoms with Crippen LogP contribution in [0.3, 0.4) is 0 Å². The first-order chi connectivity index (χ1) is 9.35. The van der Waals surface area contributed by atoms with E-state index >= 15 is 0 Å². The molecule has 1 aromatic heterocycles. The van der Waals surface area contributed by atoms with E-state index in [0.717, 1.165) is 12.1 Å². The minimum absolute atomic E-state index is 0.0188.